The average Bonchev–Trinajstić information content (AvgIpc) is 3.11. The van der Waals surface area contributed by atoms with Gasteiger partial charge in [0.1, 0.15) is 5.75 Å². The Morgan fingerprint density at radius 2 is 2.29 bits per heavy atom. The second kappa shape index (κ2) is 5.65. The molecule has 0 atom stereocenters. The minimum atomic E-state index is 0.0851. The fourth-order valence-electron chi connectivity index (χ4n) is 1.55. The van der Waals surface area contributed by atoms with E-state index in [9.17, 15) is 4.79 Å². The lowest BCUT2D eigenvalue weighted by Crippen LogP contribution is -2.18. The van der Waals surface area contributed by atoms with Gasteiger partial charge in [-0.25, -0.2) is 0 Å². The first-order chi connectivity index (χ1) is 8.20. The summed E-state index contributed by atoms with van der Waals surface area (Å²) in [6, 6.07) is 5.49. The SMILES string of the molecule is CNCC(=O)c1ccc(OCC2CC2)c(Br)c1. The zero-order valence-corrected chi connectivity index (χ0v) is 11.4. The zero-order chi connectivity index (χ0) is 12.3. The van der Waals surface area contributed by atoms with E-state index in [1.807, 2.05) is 18.2 Å². The molecule has 1 fully saturated rings. The molecule has 92 valence electrons. The molecule has 1 aromatic rings. The molecule has 0 radical (unpaired) electrons. The second-order valence-electron chi connectivity index (χ2n) is 4.35. The van der Waals surface area contributed by atoms with Crippen molar-refractivity contribution in [3.05, 3.63) is 28.2 Å². The summed E-state index contributed by atoms with van der Waals surface area (Å²) < 4.78 is 6.53. The molecule has 3 nitrogen and oxygen atoms in total. The molecular weight excluding hydrogens is 282 g/mol. The molecule has 0 aliphatic heterocycles. The van der Waals surface area contributed by atoms with Crippen molar-refractivity contribution in [3.63, 3.8) is 0 Å². The number of carbonyl (C=O) groups is 1. The van der Waals surface area contributed by atoms with Crippen LogP contribution in [0.3, 0.4) is 0 Å². The van der Waals surface area contributed by atoms with E-state index in [0.29, 0.717) is 12.1 Å². The molecule has 1 aromatic carbocycles. The topological polar surface area (TPSA) is 38.3 Å². The fourth-order valence-corrected chi connectivity index (χ4v) is 2.04. The van der Waals surface area contributed by atoms with Gasteiger partial charge >= 0.3 is 0 Å². The number of hydrogen-bond donors (Lipinski definition) is 1. The van der Waals surface area contributed by atoms with E-state index in [1.54, 1.807) is 7.05 Å². The molecule has 0 unspecified atom stereocenters. The van der Waals surface area contributed by atoms with Crippen molar-refractivity contribution < 1.29 is 9.53 Å². The molecule has 0 bridgehead atoms. The zero-order valence-electron chi connectivity index (χ0n) is 9.83. The molecule has 1 aliphatic rings. The maximum Gasteiger partial charge on any atom is 0.176 e. The Kier molecular flexibility index (Phi) is 4.18. The molecule has 0 heterocycles. The summed E-state index contributed by atoms with van der Waals surface area (Å²) in [4.78, 5) is 11.7. The van der Waals surface area contributed by atoms with Crippen LogP contribution in [0.2, 0.25) is 0 Å². The lowest BCUT2D eigenvalue weighted by Gasteiger charge is -2.08. The lowest BCUT2D eigenvalue weighted by atomic mass is 10.1. The van der Waals surface area contributed by atoms with E-state index in [4.69, 9.17) is 4.74 Å². The van der Waals surface area contributed by atoms with Gasteiger partial charge in [0.15, 0.2) is 5.78 Å². The number of likely N-dealkylation sites (N-methyl/N-ethyl adjacent to an activating group) is 1. The second-order valence-corrected chi connectivity index (χ2v) is 5.21. The van der Waals surface area contributed by atoms with Gasteiger partial charge in [-0.1, -0.05) is 0 Å². The number of rotatable bonds is 6. The normalized spacial score (nSPS) is 14.7. The molecule has 1 N–H and O–H groups in total. The smallest absolute Gasteiger partial charge is 0.176 e. The van der Waals surface area contributed by atoms with Crippen LogP contribution in [-0.2, 0) is 0 Å². The van der Waals surface area contributed by atoms with Crippen molar-refractivity contribution in [1.82, 2.24) is 5.32 Å². The van der Waals surface area contributed by atoms with Crippen LogP contribution >= 0.6 is 15.9 Å². The van der Waals surface area contributed by atoms with Crippen molar-refractivity contribution in [2.75, 3.05) is 20.2 Å². The molecule has 0 aromatic heterocycles. The summed E-state index contributed by atoms with van der Waals surface area (Å²) >= 11 is 3.44. The predicted octanol–water partition coefficient (Wildman–Crippen LogP) is 2.64. The van der Waals surface area contributed by atoms with Crippen molar-refractivity contribution in [1.29, 1.82) is 0 Å². The standard InChI is InChI=1S/C13H16BrNO2/c1-15-7-12(16)10-4-5-13(11(14)6-10)17-8-9-2-3-9/h4-6,9,15H,2-3,7-8H2,1H3. The highest BCUT2D eigenvalue weighted by atomic mass is 79.9. The summed E-state index contributed by atoms with van der Waals surface area (Å²) in [5, 5.41) is 2.85. The van der Waals surface area contributed by atoms with E-state index < -0.39 is 0 Å². The van der Waals surface area contributed by atoms with Gasteiger partial charge in [-0.3, -0.25) is 4.79 Å². The third-order valence-electron chi connectivity index (χ3n) is 2.76. The molecule has 1 aliphatic carbocycles. The van der Waals surface area contributed by atoms with Crippen LogP contribution in [0, 0.1) is 5.92 Å². The fraction of sp³-hybridized carbons (Fsp3) is 0.462. The number of halogens is 1. The molecular formula is C13H16BrNO2. The van der Waals surface area contributed by atoms with Gasteiger partial charge in [0.2, 0.25) is 0 Å². The van der Waals surface area contributed by atoms with Gasteiger partial charge in [-0.05, 0) is 59.9 Å². The quantitative estimate of drug-likeness (QED) is 0.821. The summed E-state index contributed by atoms with van der Waals surface area (Å²) in [5.41, 5.74) is 0.699. The first-order valence-electron chi connectivity index (χ1n) is 5.81. The van der Waals surface area contributed by atoms with Gasteiger partial charge in [-0.2, -0.15) is 0 Å². The summed E-state index contributed by atoms with van der Waals surface area (Å²) in [6.07, 6.45) is 2.55. The maximum absolute atomic E-state index is 11.7. The Balaban J connectivity index is 2.01. The number of hydrogen-bond acceptors (Lipinski definition) is 3. The minimum absolute atomic E-state index is 0.0851. The molecule has 4 heteroatoms. The van der Waals surface area contributed by atoms with Crippen molar-refractivity contribution in [2.45, 2.75) is 12.8 Å². The first-order valence-corrected chi connectivity index (χ1v) is 6.60. The number of nitrogens with one attached hydrogen (secondary N) is 1. The summed E-state index contributed by atoms with van der Waals surface area (Å²) in [7, 11) is 1.76. The Hall–Kier alpha value is -0.870. The van der Waals surface area contributed by atoms with Crippen LogP contribution < -0.4 is 10.1 Å². The van der Waals surface area contributed by atoms with Gasteiger partial charge in [0.25, 0.3) is 0 Å². The molecule has 2 rings (SSSR count). The van der Waals surface area contributed by atoms with Crippen molar-refractivity contribution in [3.8, 4) is 5.75 Å². The third-order valence-corrected chi connectivity index (χ3v) is 3.38. The van der Waals surface area contributed by atoms with E-state index >= 15 is 0 Å². The molecule has 0 amide bonds. The number of Topliss-reactive ketones (excluding diaryl/α,β-unsaturated/α-hetero) is 1. The molecule has 0 spiro atoms. The Morgan fingerprint density at radius 1 is 1.53 bits per heavy atom. The first kappa shape index (κ1) is 12.6. The van der Waals surface area contributed by atoms with Crippen LogP contribution in [-0.4, -0.2) is 26.0 Å². The Morgan fingerprint density at radius 3 is 2.88 bits per heavy atom. The summed E-state index contributed by atoms with van der Waals surface area (Å²) in [6.45, 7) is 1.14. The lowest BCUT2D eigenvalue weighted by molar-refractivity contribution is 0.0993. The van der Waals surface area contributed by atoms with Crippen LogP contribution in [0.5, 0.6) is 5.75 Å². The van der Waals surface area contributed by atoms with E-state index in [2.05, 4.69) is 21.2 Å². The minimum Gasteiger partial charge on any atom is -0.492 e. The van der Waals surface area contributed by atoms with Gasteiger partial charge in [0, 0.05) is 5.56 Å². The van der Waals surface area contributed by atoms with Crippen molar-refractivity contribution in [2.24, 2.45) is 5.92 Å². The van der Waals surface area contributed by atoms with E-state index in [0.717, 1.165) is 22.7 Å². The molecule has 1 saturated carbocycles. The van der Waals surface area contributed by atoms with E-state index in [-0.39, 0.29) is 5.78 Å². The third kappa shape index (κ3) is 3.54. The average molecular weight is 298 g/mol. The highest BCUT2D eigenvalue weighted by Gasteiger charge is 2.22. The van der Waals surface area contributed by atoms with E-state index in [1.165, 1.54) is 12.8 Å². The molecule has 0 saturated heterocycles. The van der Waals surface area contributed by atoms with Crippen LogP contribution in [0.15, 0.2) is 22.7 Å². The monoisotopic (exact) mass is 297 g/mol. The van der Waals surface area contributed by atoms with Crippen molar-refractivity contribution >= 4 is 21.7 Å². The highest BCUT2D eigenvalue weighted by molar-refractivity contribution is 9.10. The molecule has 17 heavy (non-hydrogen) atoms. The predicted molar refractivity (Wildman–Crippen MR) is 70.6 cm³/mol. The van der Waals surface area contributed by atoms with Crippen LogP contribution in [0.1, 0.15) is 23.2 Å². The van der Waals surface area contributed by atoms with Gasteiger partial charge in [0.05, 0.1) is 17.6 Å². The number of ketones is 1. The van der Waals surface area contributed by atoms with Gasteiger partial charge in [-0.15, -0.1) is 0 Å². The van der Waals surface area contributed by atoms with Crippen LogP contribution in [0.25, 0.3) is 0 Å². The Labute approximate surface area is 110 Å². The Bertz CT molecular complexity index is 416. The summed E-state index contributed by atoms with van der Waals surface area (Å²) in [5.74, 6) is 1.63. The largest absolute Gasteiger partial charge is 0.492 e. The number of benzene rings is 1. The van der Waals surface area contributed by atoms with Gasteiger partial charge < -0.3 is 10.1 Å². The maximum atomic E-state index is 11.7. The number of carbonyl (C=O) groups excluding carboxylic acids is 1. The number of ether oxygens (including phenoxy) is 1. The highest BCUT2D eigenvalue weighted by Crippen LogP contribution is 2.32. The van der Waals surface area contributed by atoms with Crippen LogP contribution in [0.4, 0.5) is 0 Å².